The van der Waals surface area contributed by atoms with Crippen LogP contribution >= 0.6 is 22.9 Å². The van der Waals surface area contributed by atoms with E-state index in [1.807, 2.05) is 36.4 Å². The molecule has 146 valence electrons. The second-order valence-corrected chi connectivity index (χ2v) is 7.56. The molecule has 5 nitrogen and oxygen atoms in total. The first-order valence-electron chi connectivity index (χ1n) is 8.69. The molecule has 28 heavy (non-hydrogen) atoms. The van der Waals surface area contributed by atoms with Gasteiger partial charge in [-0.15, -0.1) is 11.3 Å². The van der Waals surface area contributed by atoms with Gasteiger partial charge in [0.05, 0.1) is 29.5 Å². The van der Waals surface area contributed by atoms with Crippen LogP contribution in [-0.2, 0) is 4.79 Å². The molecule has 0 amide bonds. The fourth-order valence-electron chi connectivity index (χ4n) is 2.90. The number of methoxy groups -OCH3 is 2. The summed E-state index contributed by atoms with van der Waals surface area (Å²) < 4.78 is 11.7. The lowest BCUT2D eigenvalue weighted by Crippen LogP contribution is -2.21. The highest BCUT2D eigenvalue weighted by Crippen LogP contribution is 2.38. The van der Waals surface area contributed by atoms with E-state index in [9.17, 15) is 9.90 Å². The number of aromatic nitrogens is 1. The molecule has 0 aliphatic carbocycles. The van der Waals surface area contributed by atoms with Gasteiger partial charge in [-0.25, -0.2) is 4.98 Å². The molecule has 0 N–H and O–H groups in total. The van der Waals surface area contributed by atoms with Crippen LogP contribution in [0.15, 0.2) is 36.4 Å². The highest BCUT2D eigenvalue weighted by atomic mass is 35.5. The third kappa shape index (κ3) is 4.64. The molecule has 7 heteroatoms. The van der Waals surface area contributed by atoms with E-state index >= 15 is 0 Å². The van der Waals surface area contributed by atoms with Crippen LogP contribution < -0.4 is 14.6 Å². The van der Waals surface area contributed by atoms with Crippen molar-refractivity contribution in [2.45, 2.75) is 19.3 Å². The summed E-state index contributed by atoms with van der Waals surface area (Å²) in [5, 5.41) is 12.1. The monoisotopic (exact) mass is 416 g/mol. The summed E-state index contributed by atoms with van der Waals surface area (Å²) in [6.07, 6.45) is 2.97. The minimum atomic E-state index is -1.06. The van der Waals surface area contributed by atoms with Gasteiger partial charge in [0.15, 0.2) is 11.5 Å². The van der Waals surface area contributed by atoms with E-state index in [2.05, 4.69) is 0 Å². The van der Waals surface area contributed by atoms with Gasteiger partial charge in [0, 0.05) is 5.97 Å². The van der Waals surface area contributed by atoms with Crippen molar-refractivity contribution in [1.29, 1.82) is 0 Å². The molecule has 0 saturated heterocycles. The molecular weight excluding hydrogens is 398 g/mol. The van der Waals surface area contributed by atoms with Gasteiger partial charge in [-0.2, -0.15) is 0 Å². The predicted molar refractivity (Wildman–Crippen MR) is 111 cm³/mol. The molecule has 0 aliphatic rings. The van der Waals surface area contributed by atoms with Crippen LogP contribution in [0.5, 0.6) is 11.5 Å². The van der Waals surface area contributed by atoms with Crippen molar-refractivity contribution in [2.75, 3.05) is 14.2 Å². The van der Waals surface area contributed by atoms with Crippen molar-refractivity contribution in [2.24, 2.45) is 0 Å². The molecule has 0 spiro atoms. The number of allylic oxidation sites excluding steroid dienone is 1. The van der Waals surface area contributed by atoms with E-state index in [-0.39, 0.29) is 6.42 Å². The van der Waals surface area contributed by atoms with Gasteiger partial charge < -0.3 is 19.4 Å². The number of rotatable bonds is 8. The van der Waals surface area contributed by atoms with Crippen molar-refractivity contribution < 1.29 is 19.4 Å². The second-order valence-electron chi connectivity index (χ2n) is 6.12. The highest BCUT2D eigenvalue weighted by molar-refractivity contribution is 7.19. The van der Waals surface area contributed by atoms with Gasteiger partial charge in [-0.05, 0) is 60.7 Å². The summed E-state index contributed by atoms with van der Waals surface area (Å²) in [5.74, 6) is -0.0581. The van der Waals surface area contributed by atoms with Gasteiger partial charge >= 0.3 is 0 Å². The van der Waals surface area contributed by atoms with Gasteiger partial charge in [0.2, 0.25) is 0 Å². The fraction of sp³-hybridized carbons (Fsp3) is 0.238. The molecular formula is C21H19ClNO4S-. The Bertz CT molecular complexity index is 995. The molecule has 0 aliphatic heterocycles. The Balaban J connectivity index is 2.02. The Labute approximate surface area is 172 Å². The number of hydrogen-bond acceptors (Lipinski definition) is 6. The Morgan fingerprint density at radius 2 is 2.00 bits per heavy atom. The number of carbonyl (C=O) groups is 1. The zero-order valence-corrected chi connectivity index (χ0v) is 17.1. The molecule has 0 unspecified atom stereocenters. The maximum Gasteiger partial charge on any atom is 0.179 e. The Kier molecular flexibility index (Phi) is 6.54. The molecule has 0 saturated carbocycles. The summed E-state index contributed by atoms with van der Waals surface area (Å²) in [6.45, 7) is 0. The molecule has 1 aromatic heterocycles. The van der Waals surface area contributed by atoms with E-state index in [4.69, 9.17) is 26.1 Å². The Morgan fingerprint density at radius 3 is 2.68 bits per heavy atom. The normalized spacial score (nSPS) is 11.6. The summed E-state index contributed by atoms with van der Waals surface area (Å²) in [7, 11) is 3.09. The zero-order valence-electron chi connectivity index (χ0n) is 15.5. The number of nitrogens with zero attached hydrogens (tertiary/aromatic N) is 1. The van der Waals surface area contributed by atoms with Crippen LogP contribution in [0.25, 0.3) is 21.9 Å². The summed E-state index contributed by atoms with van der Waals surface area (Å²) in [6, 6.07) is 11.5. The maximum atomic E-state index is 10.8. The van der Waals surface area contributed by atoms with Gasteiger partial charge in [-0.1, -0.05) is 23.7 Å². The lowest BCUT2D eigenvalue weighted by atomic mass is 10.0. The van der Waals surface area contributed by atoms with E-state index in [1.54, 1.807) is 24.5 Å². The number of para-hydroxylation sites is 1. The average Bonchev–Trinajstić information content (AvgIpc) is 3.10. The second kappa shape index (κ2) is 9.08. The topological polar surface area (TPSA) is 71.5 Å². The number of benzene rings is 2. The SMILES string of the molecule is COc1cc(/C=C(\CCCC(=O)[O-])c2nc3ccccc3s2)cc(Cl)c1OC. The number of ether oxygens (including phenoxy) is 2. The van der Waals surface area contributed by atoms with Crippen molar-refractivity contribution in [1.82, 2.24) is 4.98 Å². The molecule has 1 heterocycles. The molecule has 0 atom stereocenters. The third-order valence-electron chi connectivity index (χ3n) is 4.19. The molecule has 2 aromatic carbocycles. The predicted octanol–water partition coefficient (Wildman–Crippen LogP) is 4.43. The van der Waals surface area contributed by atoms with E-state index < -0.39 is 5.97 Å². The summed E-state index contributed by atoms with van der Waals surface area (Å²) in [5.41, 5.74) is 2.68. The number of fused-ring (bicyclic) bond motifs is 1. The first-order chi connectivity index (χ1) is 13.5. The van der Waals surface area contributed by atoms with Crippen molar-refractivity contribution in [3.05, 3.63) is 52.0 Å². The highest BCUT2D eigenvalue weighted by Gasteiger charge is 2.13. The number of carbonyl (C=O) groups excluding carboxylic acids is 1. The number of carboxylic acid groups (broad SMARTS) is 1. The molecule has 3 rings (SSSR count). The van der Waals surface area contributed by atoms with Crippen LogP contribution in [-0.4, -0.2) is 25.2 Å². The lowest BCUT2D eigenvalue weighted by Gasteiger charge is -2.11. The van der Waals surface area contributed by atoms with E-state index in [1.165, 1.54) is 7.11 Å². The van der Waals surface area contributed by atoms with Crippen molar-refractivity contribution in [3.8, 4) is 11.5 Å². The van der Waals surface area contributed by atoms with Crippen molar-refractivity contribution in [3.63, 3.8) is 0 Å². The minimum Gasteiger partial charge on any atom is -0.550 e. The number of aliphatic carboxylic acids is 1. The van der Waals surface area contributed by atoms with Crippen LogP contribution in [0.1, 0.15) is 29.8 Å². The Hall–Kier alpha value is -2.57. The first kappa shape index (κ1) is 20.2. The van der Waals surface area contributed by atoms with Gasteiger partial charge in [0.25, 0.3) is 0 Å². The standard InChI is InChI=1S/C21H20ClNO4S/c1-26-17-12-13(11-15(22)20(17)27-2)10-14(6-5-9-19(24)25)21-23-16-7-3-4-8-18(16)28-21/h3-4,7-8,10-12H,5-6,9H2,1-2H3,(H,24,25)/p-1/b14-10+. The lowest BCUT2D eigenvalue weighted by molar-refractivity contribution is -0.305. The molecule has 0 fully saturated rings. The number of hydrogen-bond donors (Lipinski definition) is 0. The van der Waals surface area contributed by atoms with E-state index in [0.717, 1.165) is 26.4 Å². The summed E-state index contributed by atoms with van der Waals surface area (Å²) >= 11 is 7.89. The van der Waals surface area contributed by atoms with Gasteiger partial charge in [0.1, 0.15) is 5.01 Å². The zero-order chi connectivity index (χ0) is 20.1. The minimum absolute atomic E-state index is 0.00503. The van der Waals surface area contributed by atoms with Crippen LogP contribution in [0, 0.1) is 0 Å². The fourth-order valence-corrected chi connectivity index (χ4v) is 4.20. The quantitative estimate of drug-likeness (QED) is 0.543. The van der Waals surface area contributed by atoms with Crippen LogP contribution in [0.3, 0.4) is 0 Å². The summed E-state index contributed by atoms with van der Waals surface area (Å²) in [4.78, 5) is 15.5. The van der Waals surface area contributed by atoms with Crippen LogP contribution in [0.4, 0.5) is 0 Å². The van der Waals surface area contributed by atoms with Crippen molar-refractivity contribution >= 4 is 50.8 Å². The maximum absolute atomic E-state index is 10.8. The number of carboxylic acids is 1. The van der Waals surface area contributed by atoms with Crippen LogP contribution in [0.2, 0.25) is 5.02 Å². The smallest absolute Gasteiger partial charge is 0.179 e. The Morgan fingerprint density at radius 1 is 1.21 bits per heavy atom. The molecule has 3 aromatic rings. The third-order valence-corrected chi connectivity index (χ3v) is 5.59. The number of thiazole rings is 1. The largest absolute Gasteiger partial charge is 0.550 e. The number of halogens is 1. The molecule has 0 radical (unpaired) electrons. The molecule has 0 bridgehead atoms. The van der Waals surface area contributed by atoms with E-state index in [0.29, 0.717) is 29.4 Å². The van der Waals surface area contributed by atoms with Gasteiger partial charge in [-0.3, -0.25) is 0 Å². The average molecular weight is 417 g/mol. The first-order valence-corrected chi connectivity index (χ1v) is 9.89.